The SMILES string of the molecule is C=CCNn1cnc2c(Nc3ccccc3)ncnc21. The highest BCUT2D eigenvalue weighted by Gasteiger charge is 2.09. The fraction of sp³-hybridized carbons (Fsp3) is 0.0714. The van der Waals surface area contributed by atoms with Crippen LogP contribution < -0.4 is 10.7 Å². The van der Waals surface area contributed by atoms with Crippen molar-refractivity contribution in [3.05, 3.63) is 55.6 Å². The molecule has 0 bridgehead atoms. The van der Waals surface area contributed by atoms with E-state index in [9.17, 15) is 0 Å². The number of imidazole rings is 1. The first-order valence-corrected chi connectivity index (χ1v) is 6.23. The molecule has 0 fully saturated rings. The lowest BCUT2D eigenvalue weighted by molar-refractivity contribution is 0.902. The number of nitrogens with one attached hydrogen (secondary N) is 2. The number of hydrogen-bond donors (Lipinski definition) is 2. The van der Waals surface area contributed by atoms with Gasteiger partial charge in [0.15, 0.2) is 17.0 Å². The molecule has 6 heteroatoms. The Bertz CT molecular complexity index is 719. The number of hydrogen-bond acceptors (Lipinski definition) is 5. The number of rotatable bonds is 5. The van der Waals surface area contributed by atoms with Gasteiger partial charge < -0.3 is 10.7 Å². The third kappa shape index (κ3) is 2.31. The number of fused-ring (bicyclic) bond motifs is 1. The van der Waals surface area contributed by atoms with Gasteiger partial charge in [0.2, 0.25) is 0 Å². The molecule has 2 N–H and O–H groups in total. The highest BCUT2D eigenvalue weighted by Crippen LogP contribution is 2.20. The average molecular weight is 266 g/mol. The molecule has 0 atom stereocenters. The zero-order chi connectivity index (χ0) is 13.8. The molecule has 0 aliphatic carbocycles. The molecule has 1 aromatic carbocycles. The van der Waals surface area contributed by atoms with Gasteiger partial charge in [-0.15, -0.1) is 6.58 Å². The van der Waals surface area contributed by atoms with Crippen molar-refractivity contribution < 1.29 is 0 Å². The maximum atomic E-state index is 4.35. The minimum absolute atomic E-state index is 0.636. The van der Waals surface area contributed by atoms with E-state index in [0.717, 1.165) is 11.3 Å². The van der Waals surface area contributed by atoms with Crippen LogP contribution in [0.15, 0.2) is 55.6 Å². The minimum atomic E-state index is 0.636. The minimum Gasteiger partial charge on any atom is -0.338 e. The van der Waals surface area contributed by atoms with E-state index in [1.54, 1.807) is 17.1 Å². The van der Waals surface area contributed by atoms with E-state index in [4.69, 9.17) is 0 Å². The highest BCUT2D eigenvalue weighted by atomic mass is 15.4. The van der Waals surface area contributed by atoms with E-state index in [2.05, 4.69) is 32.3 Å². The fourth-order valence-electron chi connectivity index (χ4n) is 1.86. The molecule has 2 aromatic heterocycles. The van der Waals surface area contributed by atoms with Gasteiger partial charge in [-0.3, -0.25) is 0 Å². The van der Waals surface area contributed by atoms with Crippen molar-refractivity contribution in [1.29, 1.82) is 0 Å². The summed E-state index contributed by atoms with van der Waals surface area (Å²) < 4.78 is 1.76. The van der Waals surface area contributed by atoms with Crippen molar-refractivity contribution in [2.75, 3.05) is 17.3 Å². The maximum absolute atomic E-state index is 4.35. The molecule has 20 heavy (non-hydrogen) atoms. The van der Waals surface area contributed by atoms with E-state index in [1.165, 1.54) is 6.33 Å². The lowest BCUT2D eigenvalue weighted by Gasteiger charge is -2.07. The van der Waals surface area contributed by atoms with Gasteiger partial charge in [-0.25, -0.2) is 19.6 Å². The van der Waals surface area contributed by atoms with Crippen LogP contribution >= 0.6 is 0 Å². The molecule has 0 aliphatic heterocycles. The van der Waals surface area contributed by atoms with Crippen LogP contribution in [-0.2, 0) is 0 Å². The zero-order valence-electron chi connectivity index (χ0n) is 10.8. The predicted octanol–water partition coefficient (Wildman–Crippen LogP) is 2.30. The molecular weight excluding hydrogens is 252 g/mol. The predicted molar refractivity (Wildman–Crippen MR) is 79.5 cm³/mol. The highest BCUT2D eigenvalue weighted by molar-refractivity contribution is 5.85. The van der Waals surface area contributed by atoms with E-state index in [0.29, 0.717) is 17.9 Å². The van der Waals surface area contributed by atoms with Crippen molar-refractivity contribution >= 4 is 22.7 Å². The summed E-state index contributed by atoms with van der Waals surface area (Å²) in [7, 11) is 0. The van der Waals surface area contributed by atoms with Crippen LogP contribution in [0, 0.1) is 0 Å². The normalized spacial score (nSPS) is 10.4. The standard InChI is InChI=1S/C14H14N6/c1-2-8-18-20-10-17-12-13(15-9-16-14(12)20)19-11-6-4-3-5-7-11/h2-7,9-10,18H,1,8H2,(H,15,16,19). The topological polar surface area (TPSA) is 67.7 Å². The molecule has 2 heterocycles. The molecular formula is C14H14N6. The first-order chi connectivity index (χ1) is 9.88. The molecule has 0 spiro atoms. The van der Waals surface area contributed by atoms with Gasteiger partial charge in [-0.05, 0) is 12.1 Å². The summed E-state index contributed by atoms with van der Waals surface area (Å²) in [6.45, 7) is 4.31. The average Bonchev–Trinajstić information content (AvgIpc) is 2.90. The molecule has 0 saturated carbocycles. The van der Waals surface area contributed by atoms with Crippen LogP contribution in [0.5, 0.6) is 0 Å². The monoisotopic (exact) mass is 266 g/mol. The number of aromatic nitrogens is 4. The Kier molecular flexibility index (Phi) is 3.28. The third-order valence-corrected chi connectivity index (χ3v) is 2.78. The van der Waals surface area contributed by atoms with Gasteiger partial charge in [0.25, 0.3) is 0 Å². The number of benzene rings is 1. The quantitative estimate of drug-likeness (QED) is 0.694. The summed E-state index contributed by atoms with van der Waals surface area (Å²) in [5.74, 6) is 0.681. The Balaban J connectivity index is 1.96. The summed E-state index contributed by atoms with van der Waals surface area (Å²) in [5, 5.41) is 3.24. The van der Waals surface area contributed by atoms with Gasteiger partial charge in [-0.1, -0.05) is 24.3 Å². The lowest BCUT2D eigenvalue weighted by atomic mass is 10.3. The van der Waals surface area contributed by atoms with E-state index in [-0.39, 0.29) is 0 Å². The van der Waals surface area contributed by atoms with Crippen LogP contribution in [0.3, 0.4) is 0 Å². The lowest BCUT2D eigenvalue weighted by Crippen LogP contribution is -2.13. The summed E-state index contributed by atoms with van der Waals surface area (Å²) in [6.07, 6.45) is 4.97. The summed E-state index contributed by atoms with van der Waals surface area (Å²) >= 11 is 0. The molecule has 0 aliphatic rings. The molecule has 0 radical (unpaired) electrons. The Labute approximate surface area is 116 Å². The van der Waals surface area contributed by atoms with Gasteiger partial charge in [-0.2, -0.15) is 0 Å². The molecule has 6 nitrogen and oxygen atoms in total. The van der Waals surface area contributed by atoms with E-state index in [1.807, 2.05) is 30.3 Å². The van der Waals surface area contributed by atoms with Crippen molar-refractivity contribution in [2.24, 2.45) is 0 Å². The van der Waals surface area contributed by atoms with Crippen LogP contribution in [0.4, 0.5) is 11.5 Å². The molecule has 0 amide bonds. The molecule has 3 aromatic rings. The van der Waals surface area contributed by atoms with Crippen LogP contribution in [0.25, 0.3) is 11.2 Å². The second-order valence-electron chi connectivity index (χ2n) is 4.15. The van der Waals surface area contributed by atoms with Crippen molar-refractivity contribution in [3.63, 3.8) is 0 Å². The van der Waals surface area contributed by atoms with Gasteiger partial charge >= 0.3 is 0 Å². The van der Waals surface area contributed by atoms with Crippen LogP contribution in [-0.4, -0.2) is 26.2 Å². The van der Waals surface area contributed by atoms with Crippen LogP contribution in [0.1, 0.15) is 0 Å². The molecule has 0 unspecified atom stereocenters. The Morgan fingerprint density at radius 2 is 2.00 bits per heavy atom. The van der Waals surface area contributed by atoms with Gasteiger partial charge in [0.05, 0.1) is 0 Å². The summed E-state index contributed by atoms with van der Waals surface area (Å²) in [5.41, 5.74) is 5.52. The molecule has 0 saturated heterocycles. The van der Waals surface area contributed by atoms with E-state index < -0.39 is 0 Å². The Hall–Kier alpha value is -2.89. The Morgan fingerprint density at radius 3 is 2.80 bits per heavy atom. The smallest absolute Gasteiger partial charge is 0.184 e. The summed E-state index contributed by atoms with van der Waals surface area (Å²) in [4.78, 5) is 12.8. The first-order valence-electron chi connectivity index (χ1n) is 6.23. The molecule has 100 valence electrons. The second kappa shape index (κ2) is 5.40. The summed E-state index contributed by atoms with van der Waals surface area (Å²) in [6, 6.07) is 9.84. The third-order valence-electron chi connectivity index (χ3n) is 2.78. The van der Waals surface area contributed by atoms with Crippen molar-refractivity contribution in [2.45, 2.75) is 0 Å². The van der Waals surface area contributed by atoms with E-state index >= 15 is 0 Å². The fourth-order valence-corrected chi connectivity index (χ4v) is 1.86. The first kappa shape index (κ1) is 12.2. The number of para-hydroxylation sites is 1. The number of nitrogens with zero attached hydrogens (tertiary/aromatic N) is 4. The van der Waals surface area contributed by atoms with Crippen molar-refractivity contribution in [3.8, 4) is 0 Å². The van der Waals surface area contributed by atoms with Gasteiger partial charge in [0.1, 0.15) is 12.7 Å². The van der Waals surface area contributed by atoms with Crippen LogP contribution in [0.2, 0.25) is 0 Å². The second-order valence-corrected chi connectivity index (χ2v) is 4.15. The molecule has 3 rings (SSSR count). The largest absolute Gasteiger partial charge is 0.338 e. The maximum Gasteiger partial charge on any atom is 0.184 e. The van der Waals surface area contributed by atoms with Crippen molar-refractivity contribution in [1.82, 2.24) is 19.6 Å². The Morgan fingerprint density at radius 1 is 1.15 bits per heavy atom. The zero-order valence-corrected chi connectivity index (χ0v) is 10.8. The van der Waals surface area contributed by atoms with Gasteiger partial charge in [0, 0.05) is 12.2 Å². The number of anilines is 2.